The maximum absolute atomic E-state index is 11.0. The van der Waals surface area contributed by atoms with Crippen LogP contribution in [0.4, 0.5) is 0 Å². The van der Waals surface area contributed by atoms with E-state index in [-0.39, 0.29) is 37.0 Å². The molecule has 0 spiro atoms. The van der Waals surface area contributed by atoms with E-state index in [1.54, 1.807) is 0 Å². The maximum atomic E-state index is 11.0. The minimum Gasteiger partial charge on any atom is -1.00 e. The molecule has 0 aliphatic heterocycles. The Hall–Kier alpha value is 0.140. The second-order valence-electron chi connectivity index (χ2n) is 3.05. The van der Waals surface area contributed by atoms with Crippen LogP contribution in [0.1, 0.15) is 53.8 Å². The molecule has 0 amide bonds. The number of hydrogen-bond acceptors (Lipinski definition) is 3. The van der Waals surface area contributed by atoms with Crippen molar-refractivity contribution in [2.24, 2.45) is 0 Å². The zero-order chi connectivity index (χ0) is 10.1. The molecular weight excluding hydrogens is 191 g/mol. The van der Waals surface area contributed by atoms with Gasteiger partial charge >= 0.3 is 41.5 Å². The molecule has 78 valence electrons. The molecule has 0 saturated heterocycles. The van der Waals surface area contributed by atoms with E-state index in [0.29, 0.717) is 12.8 Å². The maximum Gasteiger partial charge on any atom is 1.00 e. The van der Waals surface area contributed by atoms with Crippen molar-refractivity contribution in [1.82, 2.24) is 0 Å². The predicted molar refractivity (Wildman–Crippen MR) is 51.3 cm³/mol. The minimum absolute atomic E-state index is 0. The van der Waals surface area contributed by atoms with Crippen LogP contribution >= 0.6 is 0 Å². The Kier molecular flexibility index (Phi) is 13.3. The molecular formula is C10H19NaO3. The van der Waals surface area contributed by atoms with Gasteiger partial charge in [0.25, 0.3) is 0 Å². The van der Waals surface area contributed by atoms with Crippen molar-refractivity contribution in [3.05, 3.63) is 0 Å². The van der Waals surface area contributed by atoms with Gasteiger partial charge in [0, 0.05) is 12.8 Å². The van der Waals surface area contributed by atoms with Crippen LogP contribution in [-0.4, -0.2) is 11.9 Å². The van der Waals surface area contributed by atoms with Gasteiger partial charge in [-0.25, -0.2) is 0 Å². The molecule has 0 rings (SSSR count). The van der Waals surface area contributed by atoms with Gasteiger partial charge in [0.05, 0.1) is 0 Å². The first-order chi connectivity index (χ1) is 6.20. The molecule has 0 aliphatic carbocycles. The second kappa shape index (κ2) is 11.2. The number of rotatable bonds is 6. The summed E-state index contributed by atoms with van der Waals surface area (Å²) in [5, 5.41) is 0. The van der Waals surface area contributed by atoms with Crippen LogP contribution in [0, 0.1) is 0 Å². The first kappa shape index (κ1) is 16.6. The van der Waals surface area contributed by atoms with E-state index in [4.69, 9.17) is 0 Å². The van der Waals surface area contributed by atoms with Crippen LogP contribution in [0.25, 0.3) is 0 Å². The first-order valence-corrected chi connectivity index (χ1v) is 4.94. The summed E-state index contributed by atoms with van der Waals surface area (Å²) in [7, 11) is 0. The number of carbonyl (C=O) groups excluding carboxylic acids is 2. The Morgan fingerprint density at radius 1 is 1.00 bits per heavy atom. The summed E-state index contributed by atoms with van der Waals surface area (Å²) in [6, 6.07) is 0. The van der Waals surface area contributed by atoms with Crippen LogP contribution in [0.3, 0.4) is 0 Å². The molecule has 0 aliphatic rings. The van der Waals surface area contributed by atoms with Gasteiger partial charge in [0.2, 0.25) is 0 Å². The van der Waals surface area contributed by atoms with Crippen LogP contribution < -0.4 is 29.6 Å². The molecule has 0 heterocycles. The molecule has 0 radical (unpaired) electrons. The van der Waals surface area contributed by atoms with Crippen molar-refractivity contribution in [3.63, 3.8) is 0 Å². The molecule has 0 N–H and O–H groups in total. The first-order valence-electron chi connectivity index (χ1n) is 4.94. The fraction of sp³-hybridized carbons (Fsp3) is 0.800. The van der Waals surface area contributed by atoms with E-state index in [2.05, 4.69) is 11.7 Å². The fourth-order valence-electron chi connectivity index (χ4n) is 0.952. The van der Waals surface area contributed by atoms with E-state index in [0.717, 1.165) is 25.7 Å². The van der Waals surface area contributed by atoms with E-state index in [1.807, 2.05) is 6.92 Å². The van der Waals surface area contributed by atoms with Crippen LogP contribution in [0.15, 0.2) is 0 Å². The number of carbonyl (C=O) groups is 2. The smallest absolute Gasteiger partial charge is 1.00 e. The van der Waals surface area contributed by atoms with Crippen molar-refractivity contribution in [2.75, 3.05) is 0 Å². The van der Waals surface area contributed by atoms with E-state index in [9.17, 15) is 9.59 Å². The molecule has 14 heavy (non-hydrogen) atoms. The average molecular weight is 210 g/mol. The summed E-state index contributed by atoms with van der Waals surface area (Å²) >= 11 is 0. The fourth-order valence-corrected chi connectivity index (χ4v) is 0.952. The van der Waals surface area contributed by atoms with Crippen molar-refractivity contribution in [1.29, 1.82) is 0 Å². The Bertz CT molecular complexity index is 174. The Morgan fingerprint density at radius 3 is 2.07 bits per heavy atom. The largest absolute Gasteiger partial charge is 1.00 e. The number of esters is 2. The zero-order valence-electron chi connectivity index (χ0n) is 10.5. The number of hydrogen-bond donors (Lipinski definition) is 0. The summed E-state index contributed by atoms with van der Waals surface area (Å²) in [4.78, 5) is 21.8. The predicted octanol–water partition coefficient (Wildman–Crippen LogP) is -0.447. The van der Waals surface area contributed by atoms with E-state index >= 15 is 0 Å². The van der Waals surface area contributed by atoms with Crippen molar-refractivity contribution < 1.29 is 45.3 Å². The van der Waals surface area contributed by atoms with Crippen LogP contribution in [0.5, 0.6) is 0 Å². The second-order valence-corrected chi connectivity index (χ2v) is 3.05. The van der Waals surface area contributed by atoms with Crippen LogP contribution in [0.2, 0.25) is 0 Å². The van der Waals surface area contributed by atoms with Gasteiger partial charge in [0.15, 0.2) is 0 Å². The van der Waals surface area contributed by atoms with Crippen molar-refractivity contribution in [2.45, 2.75) is 52.4 Å². The standard InChI is InChI=1S/C10H18O3.Na.H/c1-3-5-6-8-10(12)13-9(11)7-4-2;;/h3-8H2,1-2H3;;/q;+1;-1. The molecule has 0 aromatic rings. The van der Waals surface area contributed by atoms with E-state index < -0.39 is 5.97 Å². The third-order valence-electron chi connectivity index (χ3n) is 1.67. The molecule has 0 bridgehead atoms. The normalized spacial score (nSPS) is 9.00. The van der Waals surface area contributed by atoms with Gasteiger partial charge in [-0.3, -0.25) is 9.59 Å². The molecule has 0 saturated carbocycles. The topological polar surface area (TPSA) is 43.4 Å². The summed E-state index contributed by atoms with van der Waals surface area (Å²) in [5.41, 5.74) is 0. The summed E-state index contributed by atoms with van der Waals surface area (Å²) < 4.78 is 4.56. The van der Waals surface area contributed by atoms with E-state index in [1.165, 1.54) is 0 Å². The average Bonchev–Trinajstić information content (AvgIpc) is 2.05. The molecule has 0 aromatic carbocycles. The van der Waals surface area contributed by atoms with Gasteiger partial charge in [-0.1, -0.05) is 26.7 Å². The van der Waals surface area contributed by atoms with Gasteiger partial charge in [0.1, 0.15) is 0 Å². The third-order valence-corrected chi connectivity index (χ3v) is 1.67. The summed E-state index contributed by atoms with van der Waals surface area (Å²) in [6.45, 7) is 3.94. The third kappa shape index (κ3) is 10.2. The number of ether oxygens (including phenoxy) is 1. The molecule has 0 aromatic heterocycles. The minimum atomic E-state index is -0.399. The molecule has 0 unspecified atom stereocenters. The monoisotopic (exact) mass is 210 g/mol. The van der Waals surface area contributed by atoms with Gasteiger partial charge in [-0.2, -0.15) is 0 Å². The molecule has 0 fully saturated rings. The Balaban J connectivity index is -0.000000720. The zero-order valence-corrected chi connectivity index (χ0v) is 11.5. The summed E-state index contributed by atoms with van der Waals surface area (Å²) in [6.07, 6.45) is 4.31. The Morgan fingerprint density at radius 2 is 1.57 bits per heavy atom. The molecule has 3 nitrogen and oxygen atoms in total. The summed E-state index contributed by atoms with van der Waals surface area (Å²) in [5.74, 6) is -0.782. The quantitative estimate of drug-likeness (QED) is 0.258. The molecule has 0 atom stereocenters. The van der Waals surface area contributed by atoms with Crippen molar-refractivity contribution >= 4 is 11.9 Å². The SMILES string of the molecule is CCCCCC(=O)OC(=O)CCC.[H-].[Na+]. The van der Waals surface area contributed by atoms with Gasteiger partial charge in [-0.15, -0.1) is 0 Å². The van der Waals surface area contributed by atoms with Crippen LogP contribution in [-0.2, 0) is 14.3 Å². The Labute approximate surface area is 109 Å². The molecule has 4 heteroatoms. The van der Waals surface area contributed by atoms with Crippen molar-refractivity contribution in [3.8, 4) is 0 Å². The number of unbranched alkanes of at least 4 members (excludes halogenated alkanes) is 2. The van der Waals surface area contributed by atoms with Gasteiger partial charge < -0.3 is 6.16 Å². The van der Waals surface area contributed by atoms with Gasteiger partial charge in [-0.05, 0) is 12.8 Å².